The van der Waals surface area contributed by atoms with Gasteiger partial charge in [-0.05, 0) is 34.9 Å². The molecule has 0 radical (unpaired) electrons. The third-order valence-corrected chi connectivity index (χ3v) is 6.55. The molecule has 1 aliphatic rings. The second-order valence-corrected chi connectivity index (χ2v) is 9.07. The number of hydrogen-bond acceptors (Lipinski definition) is 4. The number of alkyl halides is 12. The number of nitrogens with zero attached hydrogens (tertiary/aromatic N) is 2. The zero-order valence-electron chi connectivity index (χ0n) is 20.6. The average molecular weight is 660 g/mol. The van der Waals surface area contributed by atoms with Crippen LogP contribution in [0.3, 0.4) is 0 Å². The minimum Gasteiger partial charge on any atom is -0.405 e. The van der Waals surface area contributed by atoms with Crippen molar-refractivity contribution in [1.82, 2.24) is 0 Å². The molecule has 45 heavy (non-hydrogen) atoms. The third kappa shape index (κ3) is 4.82. The molecule has 0 spiro atoms. The molecule has 0 unspecified atom stereocenters. The summed E-state index contributed by atoms with van der Waals surface area (Å²) in [6.45, 7) is 0. The normalized spacial score (nSPS) is 13.2. The Morgan fingerprint density at radius 3 is 1.53 bits per heavy atom. The number of benzene rings is 4. The predicted molar refractivity (Wildman–Crippen MR) is 119 cm³/mol. The molecule has 0 fully saturated rings. The van der Waals surface area contributed by atoms with Crippen LogP contribution in [0.25, 0.3) is 43.8 Å². The molecular weight excluding hydrogens is 657 g/mol. The molecule has 234 valence electrons. The Morgan fingerprint density at radius 2 is 1.04 bits per heavy atom. The maximum absolute atomic E-state index is 15.6. The molecule has 1 aliphatic carbocycles. The summed E-state index contributed by atoms with van der Waals surface area (Å²) in [5.41, 5.74) is -12.5. The lowest BCUT2D eigenvalue weighted by molar-refractivity contribution is -0.277. The Labute approximate surface area is 237 Å². The SMILES string of the molecule is N#Cc1c(F)c(F)c2c(C#N)c3c4c(cc(OC(F)(F)F)c(C(F)(F)F)c4c2c1F)-c1cc(OC(F)(F)F)c(C(F)(F)F)cc1-3. The van der Waals surface area contributed by atoms with Gasteiger partial charge in [-0.3, -0.25) is 0 Å². The van der Waals surface area contributed by atoms with Crippen LogP contribution in [-0.4, -0.2) is 12.7 Å². The standard InChI is InChI=1S/C26H3F15N2O2/c27-20-10(5-43)21(28)22(29)16-9(4-42)14-7-1-11(23(30,31)32)12(44-25(36,37)38)2-6(7)8-3-13(45-26(39,40)41)19(24(33,34)35)17(15(8)14)18(16)20/h1-3H. The van der Waals surface area contributed by atoms with Crippen molar-refractivity contribution in [3.8, 4) is 45.9 Å². The highest BCUT2D eigenvalue weighted by molar-refractivity contribution is 6.27. The Bertz CT molecular complexity index is 2060. The molecule has 0 saturated heterocycles. The number of ether oxygens (including phenoxy) is 2. The van der Waals surface area contributed by atoms with Gasteiger partial charge in [-0.1, -0.05) is 0 Å². The van der Waals surface area contributed by atoms with Gasteiger partial charge in [0.15, 0.2) is 17.5 Å². The van der Waals surface area contributed by atoms with Crippen molar-refractivity contribution in [1.29, 1.82) is 10.5 Å². The van der Waals surface area contributed by atoms with Crippen molar-refractivity contribution in [2.45, 2.75) is 25.1 Å². The first-order chi connectivity index (χ1) is 20.5. The molecule has 0 aromatic heterocycles. The van der Waals surface area contributed by atoms with Crippen LogP contribution in [0.4, 0.5) is 65.9 Å². The smallest absolute Gasteiger partial charge is 0.405 e. The van der Waals surface area contributed by atoms with Gasteiger partial charge in [0, 0.05) is 27.1 Å². The highest BCUT2D eigenvalue weighted by atomic mass is 19.4. The van der Waals surface area contributed by atoms with Crippen molar-refractivity contribution in [2.24, 2.45) is 0 Å². The van der Waals surface area contributed by atoms with E-state index >= 15 is 8.78 Å². The molecule has 0 amide bonds. The summed E-state index contributed by atoms with van der Waals surface area (Å²) in [5, 5.41) is 12.4. The molecular formula is C26H3F15N2O2. The van der Waals surface area contributed by atoms with Crippen molar-refractivity contribution < 1.29 is 75.3 Å². The van der Waals surface area contributed by atoms with Gasteiger partial charge in [0.05, 0.1) is 11.1 Å². The fraction of sp³-hybridized carbons (Fsp3) is 0.154. The van der Waals surface area contributed by atoms with E-state index in [0.29, 0.717) is 0 Å². The van der Waals surface area contributed by atoms with Gasteiger partial charge in [0.1, 0.15) is 34.8 Å². The molecule has 0 saturated carbocycles. The number of fused-ring (bicyclic) bond motifs is 5. The summed E-state index contributed by atoms with van der Waals surface area (Å²) in [4.78, 5) is 0. The van der Waals surface area contributed by atoms with Gasteiger partial charge in [0.2, 0.25) is 0 Å². The number of halogens is 15. The van der Waals surface area contributed by atoms with Gasteiger partial charge in [-0.2, -0.15) is 36.9 Å². The fourth-order valence-electron chi connectivity index (χ4n) is 5.17. The Morgan fingerprint density at radius 1 is 0.511 bits per heavy atom. The van der Waals surface area contributed by atoms with Crippen molar-refractivity contribution in [2.75, 3.05) is 0 Å². The summed E-state index contributed by atoms with van der Waals surface area (Å²) in [6.07, 6.45) is -23.5. The second kappa shape index (κ2) is 9.46. The number of rotatable bonds is 2. The first kappa shape index (κ1) is 31.4. The summed E-state index contributed by atoms with van der Waals surface area (Å²) in [7, 11) is 0. The van der Waals surface area contributed by atoms with Gasteiger partial charge in [-0.15, -0.1) is 26.3 Å². The lowest BCUT2D eigenvalue weighted by Crippen LogP contribution is -2.21. The molecule has 4 nitrogen and oxygen atoms in total. The van der Waals surface area contributed by atoms with Crippen LogP contribution in [0.5, 0.6) is 11.5 Å². The van der Waals surface area contributed by atoms with E-state index in [9.17, 15) is 62.3 Å². The Balaban J connectivity index is 2.18. The molecule has 19 heteroatoms. The van der Waals surface area contributed by atoms with Crippen LogP contribution >= 0.6 is 0 Å². The van der Waals surface area contributed by atoms with Crippen LogP contribution < -0.4 is 9.47 Å². The van der Waals surface area contributed by atoms with E-state index in [0.717, 1.165) is 6.07 Å². The van der Waals surface area contributed by atoms with Crippen molar-refractivity contribution >= 4 is 21.5 Å². The van der Waals surface area contributed by atoms with Gasteiger partial charge < -0.3 is 9.47 Å². The maximum atomic E-state index is 15.6. The quantitative estimate of drug-likeness (QED) is 0.108. The summed E-state index contributed by atoms with van der Waals surface area (Å²) in [5.74, 6) is -11.4. The molecule has 0 N–H and O–H groups in total. The van der Waals surface area contributed by atoms with Crippen LogP contribution in [-0.2, 0) is 12.4 Å². The molecule has 4 aromatic rings. The van der Waals surface area contributed by atoms with E-state index in [1.165, 1.54) is 6.07 Å². The number of hydrogen-bond donors (Lipinski definition) is 0. The lowest BCUT2D eigenvalue weighted by Gasteiger charge is -2.21. The Hall–Kier alpha value is -5.07. The van der Waals surface area contributed by atoms with E-state index in [4.69, 9.17) is 5.26 Å². The minimum atomic E-state index is -6.02. The van der Waals surface area contributed by atoms with Crippen LogP contribution in [0.2, 0.25) is 0 Å². The van der Waals surface area contributed by atoms with Crippen molar-refractivity contribution in [3.63, 3.8) is 0 Å². The highest BCUT2D eigenvalue weighted by Gasteiger charge is 2.47. The monoisotopic (exact) mass is 660 g/mol. The Kier molecular flexibility index (Phi) is 6.59. The van der Waals surface area contributed by atoms with E-state index < -0.39 is 120 Å². The first-order valence-corrected chi connectivity index (χ1v) is 11.3. The predicted octanol–water partition coefficient (Wildman–Crippen LogP) is 9.64. The van der Waals surface area contributed by atoms with Gasteiger partial charge in [-0.25, -0.2) is 13.2 Å². The molecule has 4 aromatic carbocycles. The lowest BCUT2D eigenvalue weighted by atomic mass is 9.87. The molecule has 0 bridgehead atoms. The molecule has 0 aliphatic heterocycles. The van der Waals surface area contributed by atoms with Crippen LogP contribution in [0.15, 0.2) is 18.2 Å². The van der Waals surface area contributed by atoms with E-state index in [2.05, 4.69) is 9.47 Å². The van der Waals surface area contributed by atoms with E-state index in [1.807, 2.05) is 0 Å². The van der Waals surface area contributed by atoms with Crippen LogP contribution in [0, 0.1) is 40.1 Å². The fourth-order valence-corrected chi connectivity index (χ4v) is 5.17. The summed E-state index contributed by atoms with van der Waals surface area (Å²) < 4.78 is 217. The van der Waals surface area contributed by atoms with Gasteiger partial charge >= 0.3 is 25.1 Å². The first-order valence-electron chi connectivity index (χ1n) is 11.3. The second-order valence-electron chi connectivity index (χ2n) is 9.07. The summed E-state index contributed by atoms with van der Waals surface area (Å²) in [6, 6.07) is 1.62. The minimum absolute atomic E-state index is 0.0785. The zero-order valence-corrected chi connectivity index (χ0v) is 20.6. The topological polar surface area (TPSA) is 66.0 Å². The zero-order chi connectivity index (χ0) is 33.8. The van der Waals surface area contributed by atoms with Gasteiger partial charge in [0.25, 0.3) is 0 Å². The number of nitriles is 2. The average Bonchev–Trinajstić information content (AvgIpc) is 3.17. The molecule has 0 atom stereocenters. The maximum Gasteiger partial charge on any atom is 0.573 e. The molecule has 0 heterocycles. The third-order valence-electron chi connectivity index (χ3n) is 6.55. The largest absolute Gasteiger partial charge is 0.573 e. The van der Waals surface area contributed by atoms with E-state index in [1.54, 1.807) is 0 Å². The summed E-state index contributed by atoms with van der Waals surface area (Å²) >= 11 is 0. The molecule has 5 rings (SSSR count). The van der Waals surface area contributed by atoms with E-state index in [-0.39, 0.29) is 18.2 Å². The highest BCUT2D eigenvalue weighted by Crippen LogP contribution is 2.59. The van der Waals surface area contributed by atoms with Crippen molar-refractivity contribution in [3.05, 3.63) is 57.9 Å². The van der Waals surface area contributed by atoms with Crippen LogP contribution in [0.1, 0.15) is 22.3 Å².